The van der Waals surface area contributed by atoms with Crippen LogP contribution in [0.4, 0.5) is 17.1 Å². The number of benzene rings is 2. The summed E-state index contributed by atoms with van der Waals surface area (Å²) < 4.78 is 0. The zero-order valence-corrected chi connectivity index (χ0v) is 17.1. The van der Waals surface area contributed by atoms with Crippen molar-refractivity contribution < 1.29 is 9.72 Å². The summed E-state index contributed by atoms with van der Waals surface area (Å²) in [6.45, 7) is 3.12. The van der Waals surface area contributed by atoms with Crippen LogP contribution in [0.1, 0.15) is 24.8 Å². The summed E-state index contributed by atoms with van der Waals surface area (Å²) in [5, 5.41) is 10.8. The van der Waals surface area contributed by atoms with Crippen LogP contribution in [0.25, 0.3) is 0 Å². The largest absolute Gasteiger partial charge is 0.371 e. The molecule has 2 aromatic rings. The van der Waals surface area contributed by atoms with Crippen molar-refractivity contribution in [2.24, 2.45) is 0 Å². The van der Waals surface area contributed by atoms with Crippen LogP contribution in [-0.4, -0.2) is 49.5 Å². The van der Waals surface area contributed by atoms with Gasteiger partial charge in [-0.2, -0.15) is 0 Å². The number of amides is 1. The van der Waals surface area contributed by atoms with Crippen LogP contribution in [-0.2, 0) is 11.3 Å². The van der Waals surface area contributed by atoms with Crippen LogP contribution in [0.15, 0.2) is 48.5 Å². The molecule has 1 saturated heterocycles. The Morgan fingerprint density at radius 3 is 2.34 bits per heavy atom. The van der Waals surface area contributed by atoms with Crippen molar-refractivity contribution >= 4 is 23.0 Å². The highest BCUT2D eigenvalue weighted by Gasteiger charge is 2.18. The third-order valence-electron chi connectivity index (χ3n) is 5.36. The maximum atomic E-state index is 12.7. The van der Waals surface area contributed by atoms with Crippen molar-refractivity contribution in [3.05, 3.63) is 64.2 Å². The lowest BCUT2D eigenvalue weighted by molar-refractivity contribution is -0.384. The van der Waals surface area contributed by atoms with E-state index < -0.39 is 4.92 Å². The molecule has 1 aliphatic rings. The number of para-hydroxylation sites is 1. The van der Waals surface area contributed by atoms with Gasteiger partial charge in [0.1, 0.15) is 0 Å². The molecule has 7 nitrogen and oxygen atoms in total. The smallest absolute Gasteiger partial charge is 0.269 e. The molecule has 2 aromatic carbocycles. The number of likely N-dealkylation sites (N-methyl/N-ethyl adjacent to an activating group) is 2. The normalized spacial score (nSPS) is 14.1. The third kappa shape index (κ3) is 5.32. The Hall–Kier alpha value is -2.93. The number of nitro groups is 1. The third-order valence-corrected chi connectivity index (χ3v) is 5.36. The van der Waals surface area contributed by atoms with Crippen LogP contribution in [0.5, 0.6) is 0 Å². The zero-order chi connectivity index (χ0) is 20.8. The Morgan fingerprint density at radius 1 is 1.03 bits per heavy atom. The molecule has 1 fully saturated rings. The number of hydrogen-bond donors (Lipinski definition) is 0. The molecule has 1 aliphatic heterocycles. The van der Waals surface area contributed by atoms with Gasteiger partial charge in [0, 0.05) is 50.2 Å². The number of anilines is 2. The van der Waals surface area contributed by atoms with E-state index in [4.69, 9.17) is 0 Å². The first-order valence-corrected chi connectivity index (χ1v) is 9.98. The molecule has 0 radical (unpaired) electrons. The number of piperidine rings is 1. The highest BCUT2D eigenvalue weighted by Crippen LogP contribution is 2.25. The standard InChI is InChI=1S/C22H28N4O3/c1-23(16-18-8-4-5-9-21(18)25-14-6-3-7-15-25)17-22(27)24(2)19-10-12-20(13-11-19)26(28)29/h4-5,8-13H,3,6-7,14-17H2,1-2H3. The fourth-order valence-electron chi connectivity index (χ4n) is 3.71. The quantitative estimate of drug-likeness (QED) is 0.527. The molecule has 1 amide bonds. The second kappa shape index (κ2) is 9.52. The molecule has 0 saturated carbocycles. The van der Waals surface area contributed by atoms with E-state index in [-0.39, 0.29) is 18.1 Å². The molecule has 0 atom stereocenters. The minimum absolute atomic E-state index is 0.0148. The molecule has 0 spiro atoms. The Kier molecular flexibility index (Phi) is 6.82. The lowest BCUT2D eigenvalue weighted by Crippen LogP contribution is -2.37. The zero-order valence-electron chi connectivity index (χ0n) is 17.1. The Bertz CT molecular complexity index is 847. The fourth-order valence-corrected chi connectivity index (χ4v) is 3.71. The van der Waals surface area contributed by atoms with E-state index in [0.29, 0.717) is 12.2 Å². The van der Waals surface area contributed by atoms with Crippen LogP contribution < -0.4 is 9.80 Å². The van der Waals surface area contributed by atoms with Gasteiger partial charge >= 0.3 is 0 Å². The summed E-state index contributed by atoms with van der Waals surface area (Å²) >= 11 is 0. The van der Waals surface area contributed by atoms with Gasteiger partial charge in [-0.1, -0.05) is 18.2 Å². The van der Waals surface area contributed by atoms with Gasteiger partial charge in [-0.25, -0.2) is 0 Å². The average Bonchev–Trinajstić information content (AvgIpc) is 2.74. The van der Waals surface area contributed by atoms with Crippen LogP contribution in [0.3, 0.4) is 0 Å². The number of nitro benzene ring substituents is 1. The van der Waals surface area contributed by atoms with Crippen LogP contribution >= 0.6 is 0 Å². The predicted molar refractivity (Wildman–Crippen MR) is 115 cm³/mol. The molecule has 0 aliphatic carbocycles. The van der Waals surface area contributed by atoms with Gasteiger partial charge in [0.05, 0.1) is 11.5 Å². The monoisotopic (exact) mass is 396 g/mol. The number of nitrogens with zero attached hydrogens (tertiary/aromatic N) is 4. The number of carbonyl (C=O) groups is 1. The second-order valence-electron chi connectivity index (χ2n) is 7.57. The average molecular weight is 396 g/mol. The van der Waals surface area contributed by atoms with Gasteiger partial charge in [0.25, 0.3) is 5.69 Å². The molecule has 1 heterocycles. The molecular formula is C22H28N4O3. The lowest BCUT2D eigenvalue weighted by atomic mass is 10.1. The van der Waals surface area contributed by atoms with E-state index in [1.54, 1.807) is 19.2 Å². The number of non-ortho nitro benzene ring substituents is 1. The van der Waals surface area contributed by atoms with Gasteiger partial charge in [-0.3, -0.25) is 19.8 Å². The van der Waals surface area contributed by atoms with Crippen LogP contribution in [0, 0.1) is 10.1 Å². The minimum Gasteiger partial charge on any atom is -0.371 e. The van der Waals surface area contributed by atoms with Crippen molar-refractivity contribution in [3.63, 3.8) is 0 Å². The van der Waals surface area contributed by atoms with Gasteiger partial charge < -0.3 is 9.80 Å². The fraction of sp³-hybridized carbons (Fsp3) is 0.409. The van der Waals surface area contributed by atoms with Crippen molar-refractivity contribution in [2.45, 2.75) is 25.8 Å². The molecular weight excluding hydrogens is 368 g/mol. The van der Waals surface area contributed by atoms with Crippen molar-refractivity contribution in [1.29, 1.82) is 0 Å². The minimum atomic E-state index is -0.445. The Balaban J connectivity index is 1.62. The van der Waals surface area contributed by atoms with E-state index in [9.17, 15) is 14.9 Å². The Labute approximate surface area is 171 Å². The highest BCUT2D eigenvalue weighted by atomic mass is 16.6. The molecule has 3 rings (SSSR count). The van der Waals surface area contributed by atoms with E-state index in [1.165, 1.54) is 47.5 Å². The highest BCUT2D eigenvalue weighted by molar-refractivity contribution is 5.94. The maximum absolute atomic E-state index is 12.7. The SMILES string of the molecule is CN(CC(=O)N(C)c1ccc([N+](=O)[O-])cc1)Cc1ccccc1N1CCCCC1. The summed E-state index contributed by atoms with van der Waals surface area (Å²) in [5.74, 6) is -0.0585. The van der Waals surface area contributed by atoms with Gasteiger partial charge in [-0.05, 0) is 50.1 Å². The topological polar surface area (TPSA) is 69.9 Å². The molecule has 154 valence electrons. The summed E-state index contributed by atoms with van der Waals surface area (Å²) in [7, 11) is 3.63. The first kappa shape index (κ1) is 20.8. The van der Waals surface area contributed by atoms with E-state index >= 15 is 0 Å². The Morgan fingerprint density at radius 2 is 1.69 bits per heavy atom. The summed E-state index contributed by atoms with van der Waals surface area (Å²) in [5.41, 5.74) is 3.14. The van der Waals surface area contributed by atoms with E-state index in [0.717, 1.165) is 13.1 Å². The summed E-state index contributed by atoms with van der Waals surface area (Å²) in [6.07, 6.45) is 3.74. The molecule has 29 heavy (non-hydrogen) atoms. The molecule has 7 heteroatoms. The lowest BCUT2D eigenvalue weighted by Gasteiger charge is -2.31. The summed E-state index contributed by atoms with van der Waals surface area (Å²) in [4.78, 5) is 29.0. The number of rotatable bonds is 7. The van der Waals surface area contributed by atoms with E-state index in [1.807, 2.05) is 18.0 Å². The second-order valence-corrected chi connectivity index (χ2v) is 7.57. The molecule has 0 bridgehead atoms. The summed E-state index contributed by atoms with van der Waals surface area (Å²) in [6, 6.07) is 14.4. The first-order valence-electron chi connectivity index (χ1n) is 9.98. The van der Waals surface area contributed by atoms with Crippen molar-refractivity contribution in [2.75, 3.05) is 43.5 Å². The number of carbonyl (C=O) groups excluding carboxylic acids is 1. The van der Waals surface area contributed by atoms with Crippen molar-refractivity contribution in [1.82, 2.24) is 4.90 Å². The van der Waals surface area contributed by atoms with Gasteiger partial charge in [0.2, 0.25) is 5.91 Å². The molecule has 0 unspecified atom stereocenters. The molecule has 0 N–H and O–H groups in total. The first-order chi connectivity index (χ1) is 14.0. The predicted octanol–water partition coefficient (Wildman–Crippen LogP) is 3.68. The number of hydrogen-bond acceptors (Lipinski definition) is 5. The van der Waals surface area contributed by atoms with Gasteiger partial charge in [-0.15, -0.1) is 0 Å². The maximum Gasteiger partial charge on any atom is 0.269 e. The molecule has 0 aromatic heterocycles. The van der Waals surface area contributed by atoms with E-state index in [2.05, 4.69) is 23.1 Å². The van der Waals surface area contributed by atoms with Crippen LogP contribution in [0.2, 0.25) is 0 Å². The van der Waals surface area contributed by atoms with Gasteiger partial charge in [0.15, 0.2) is 0 Å². The van der Waals surface area contributed by atoms with Crippen molar-refractivity contribution in [3.8, 4) is 0 Å².